The zero-order valence-corrected chi connectivity index (χ0v) is 14.3. The molecule has 0 bridgehead atoms. The first-order valence-corrected chi connectivity index (χ1v) is 8.62. The Labute approximate surface area is 146 Å². The van der Waals surface area contributed by atoms with Crippen LogP contribution in [0.2, 0.25) is 0 Å². The minimum absolute atomic E-state index is 0.125. The van der Waals surface area contributed by atoms with Crippen LogP contribution in [0.3, 0.4) is 0 Å². The van der Waals surface area contributed by atoms with Crippen molar-refractivity contribution in [2.24, 2.45) is 0 Å². The summed E-state index contributed by atoms with van der Waals surface area (Å²) in [4.78, 5) is 14.5. The molecule has 3 nitrogen and oxygen atoms in total. The van der Waals surface area contributed by atoms with Crippen LogP contribution < -0.4 is 5.32 Å². The quantitative estimate of drug-likeness (QED) is 0.900. The predicted octanol–water partition coefficient (Wildman–Crippen LogP) is 3.53. The Balaban J connectivity index is 1.62. The molecule has 1 aliphatic rings. The highest BCUT2D eigenvalue weighted by Gasteiger charge is 2.23. The van der Waals surface area contributed by atoms with Crippen LogP contribution in [0, 0.1) is 11.6 Å². The number of carbonyl (C=O) groups is 1. The van der Waals surface area contributed by atoms with Crippen LogP contribution in [0.25, 0.3) is 0 Å². The number of nitrogens with one attached hydrogen (secondary N) is 1. The fourth-order valence-electron chi connectivity index (χ4n) is 3.34. The van der Waals surface area contributed by atoms with Crippen LogP contribution in [-0.4, -0.2) is 29.9 Å². The first-order valence-electron chi connectivity index (χ1n) is 8.62. The van der Waals surface area contributed by atoms with E-state index in [2.05, 4.69) is 35.3 Å². The van der Waals surface area contributed by atoms with Gasteiger partial charge in [-0.15, -0.1) is 0 Å². The number of rotatable bonds is 5. The molecule has 5 heteroatoms. The van der Waals surface area contributed by atoms with Crippen molar-refractivity contribution in [1.82, 2.24) is 10.2 Å². The van der Waals surface area contributed by atoms with Crippen molar-refractivity contribution >= 4 is 5.91 Å². The number of nitrogens with zero attached hydrogens (tertiary/aromatic N) is 1. The van der Waals surface area contributed by atoms with Crippen LogP contribution in [0.5, 0.6) is 0 Å². The Bertz CT molecular complexity index is 763. The second kappa shape index (κ2) is 7.74. The van der Waals surface area contributed by atoms with E-state index in [-0.39, 0.29) is 11.6 Å². The van der Waals surface area contributed by atoms with Gasteiger partial charge in [-0.1, -0.05) is 31.2 Å². The van der Waals surface area contributed by atoms with Gasteiger partial charge in [0.2, 0.25) is 0 Å². The standard InChI is InChI=1S/C20H22F2N2O/c1-2-17(24-10-9-14-5-3-4-6-15(14)13-24)12-23-20(25)18-8-7-16(21)11-19(18)22/h3-8,11,17H,2,9-10,12-13H2,1H3,(H,23,25)/t17-/m0/s1. The number of hydrogen-bond acceptors (Lipinski definition) is 2. The maximum atomic E-state index is 13.7. The number of benzene rings is 2. The highest BCUT2D eigenvalue weighted by atomic mass is 19.1. The molecule has 0 radical (unpaired) electrons. The predicted molar refractivity (Wildman–Crippen MR) is 93.3 cm³/mol. The van der Waals surface area contributed by atoms with E-state index in [1.807, 2.05) is 6.07 Å². The number of fused-ring (bicyclic) bond motifs is 1. The molecule has 1 N–H and O–H groups in total. The molecular formula is C20H22F2N2O. The summed E-state index contributed by atoms with van der Waals surface area (Å²) in [5.74, 6) is -2.03. The molecule has 25 heavy (non-hydrogen) atoms. The van der Waals surface area contributed by atoms with E-state index in [1.54, 1.807) is 0 Å². The highest BCUT2D eigenvalue weighted by molar-refractivity contribution is 5.94. The highest BCUT2D eigenvalue weighted by Crippen LogP contribution is 2.21. The van der Waals surface area contributed by atoms with Gasteiger partial charge in [0.1, 0.15) is 11.6 Å². The van der Waals surface area contributed by atoms with Crippen molar-refractivity contribution in [3.63, 3.8) is 0 Å². The van der Waals surface area contributed by atoms with Gasteiger partial charge in [-0.2, -0.15) is 0 Å². The first-order chi connectivity index (χ1) is 12.1. The van der Waals surface area contributed by atoms with E-state index in [0.717, 1.165) is 38.1 Å². The molecule has 2 aromatic rings. The Morgan fingerprint density at radius 1 is 1.20 bits per heavy atom. The van der Waals surface area contributed by atoms with Crippen molar-refractivity contribution in [1.29, 1.82) is 0 Å². The monoisotopic (exact) mass is 344 g/mol. The van der Waals surface area contributed by atoms with Gasteiger partial charge in [-0.05, 0) is 36.1 Å². The van der Waals surface area contributed by atoms with Gasteiger partial charge in [-0.25, -0.2) is 8.78 Å². The zero-order valence-electron chi connectivity index (χ0n) is 14.3. The Kier molecular flexibility index (Phi) is 5.43. The van der Waals surface area contributed by atoms with Crippen LogP contribution in [0.4, 0.5) is 8.78 Å². The molecule has 0 spiro atoms. The largest absolute Gasteiger partial charge is 0.350 e. The van der Waals surface area contributed by atoms with Gasteiger partial charge in [0.15, 0.2) is 0 Å². The second-order valence-electron chi connectivity index (χ2n) is 6.39. The molecule has 3 rings (SSSR count). The lowest BCUT2D eigenvalue weighted by atomic mass is 9.98. The van der Waals surface area contributed by atoms with Gasteiger partial charge in [-0.3, -0.25) is 9.69 Å². The van der Waals surface area contributed by atoms with Gasteiger partial charge >= 0.3 is 0 Å². The minimum Gasteiger partial charge on any atom is -0.350 e. The molecule has 0 aromatic heterocycles. The lowest BCUT2D eigenvalue weighted by Crippen LogP contribution is -2.45. The average Bonchev–Trinajstić information content (AvgIpc) is 2.62. The fourth-order valence-corrected chi connectivity index (χ4v) is 3.34. The van der Waals surface area contributed by atoms with E-state index in [0.29, 0.717) is 6.54 Å². The molecule has 0 unspecified atom stereocenters. The minimum atomic E-state index is -0.836. The van der Waals surface area contributed by atoms with Gasteiger partial charge in [0.25, 0.3) is 5.91 Å². The fraction of sp³-hybridized carbons (Fsp3) is 0.350. The SMILES string of the molecule is CC[C@@H](CNC(=O)c1ccc(F)cc1F)N1CCc2ccccc2C1. The van der Waals surface area contributed by atoms with Crippen molar-refractivity contribution in [3.8, 4) is 0 Å². The summed E-state index contributed by atoms with van der Waals surface area (Å²) in [6.45, 7) is 4.32. The molecule has 2 aromatic carbocycles. The smallest absolute Gasteiger partial charge is 0.254 e. The molecular weight excluding hydrogens is 322 g/mol. The summed E-state index contributed by atoms with van der Waals surface area (Å²) in [6.07, 6.45) is 1.88. The molecule has 1 atom stereocenters. The summed E-state index contributed by atoms with van der Waals surface area (Å²) >= 11 is 0. The van der Waals surface area contributed by atoms with Gasteiger partial charge in [0.05, 0.1) is 5.56 Å². The first kappa shape index (κ1) is 17.5. The van der Waals surface area contributed by atoms with E-state index in [4.69, 9.17) is 0 Å². The van der Waals surface area contributed by atoms with Crippen LogP contribution >= 0.6 is 0 Å². The molecule has 0 fully saturated rings. The number of hydrogen-bond donors (Lipinski definition) is 1. The zero-order chi connectivity index (χ0) is 17.8. The molecule has 1 aliphatic heterocycles. The summed E-state index contributed by atoms with van der Waals surface area (Å²) in [5, 5.41) is 2.79. The number of amides is 1. The van der Waals surface area contributed by atoms with Crippen molar-refractivity contribution < 1.29 is 13.6 Å². The summed E-state index contributed by atoms with van der Waals surface area (Å²) < 4.78 is 26.7. The third-order valence-corrected chi connectivity index (χ3v) is 4.82. The van der Waals surface area contributed by atoms with E-state index in [9.17, 15) is 13.6 Å². The van der Waals surface area contributed by atoms with Gasteiger partial charge in [0, 0.05) is 31.7 Å². The second-order valence-corrected chi connectivity index (χ2v) is 6.39. The maximum absolute atomic E-state index is 13.7. The molecule has 1 heterocycles. The summed E-state index contributed by atoms with van der Waals surface area (Å²) in [6, 6.07) is 11.6. The van der Waals surface area contributed by atoms with E-state index < -0.39 is 17.5 Å². The molecule has 132 valence electrons. The normalized spacial score (nSPS) is 15.5. The summed E-state index contributed by atoms with van der Waals surface area (Å²) in [7, 11) is 0. The van der Waals surface area contributed by atoms with Gasteiger partial charge < -0.3 is 5.32 Å². The molecule has 1 amide bonds. The Morgan fingerprint density at radius 2 is 1.96 bits per heavy atom. The average molecular weight is 344 g/mol. The number of halogens is 2. The maximum Gasteiger partial charge on any atom is 0.254 e. The van der Waals surface area contributed by atoms with E-state index >= 15 is 0 Å². The third-order valence-electron chi connectivity index (χ3n) is 4.82. The van der Waals surface area contributed by atoms with Crippen LogP contribution in [0.15, 0.2) is 42.5 Å². The van der Waals surface area contributed by atoms with Crippen molar-refractivity contribution in [2.45, 2.75) is 32.4 Å². The lowest BCUT2D eigenvalue weighted by Gasteiger charge is -2.35. The van der Waals surface area contributed by atoms with Crippen LogP contribution in [-0.2, 0) is 13.0 Å². The third kappa shape index (κ3) is 4.04. The van der Waals surface area contributed by atoms with Crippen LogP contribution in [0.1, 0.15) is 34.8 Å². The molecule has 0 saturated heterocycles. The topological polar surface area (TPSA) is 32.3 Å². The Morgan fingerprint density at radius 3 is 2.68 bits per heavy atom. The number of carbonyl (C=O) groups excluding carboxylic acids is 1. The lowest BCUT2D eigenvalue weighted by molar-refractivity contribution is 0.0922. The molecule has 0 aliphatic carbocycles. The summed E-state index contributed by atoms with van der Waals surface area (Å²) in [5.41, 5.74) is 2.58. The Hall–Kier alpha value is -2.27. The van der Waals surface area contributed by atoms with Crippen molar-refractivity contribution in [3.05, 3.63) is 70.8 Å². The van der Waals surface area contributed by atoms with E-state index in [1.165, 1.54) is 17.2 Å². The molecule has 0 saturated carbocycles. The van der Waals surface area contributed by atoms with Crippen molar-refractivity contribution in [2.75, 3.05) is 13.1 Å².